The topological polar surface area (TPSA) is 78.1 Å². The molecule has 1 aromatic heterocycles. The van der Waals surface area contributed by atoms with Crippen molar-refractivity contribution < 1.29 is 9.59 Å². The van der Waals surface area contributed by atoms with Gasteiger partial charge in [-0.25, -0.2) is 4.79 Å². The second kappa shape index (κ2) is 9.22. The molecule has 23 heavy (non-hydrogen) atoms. The molecule has 6 heteroatoms. The molecule has 0 unspecified atom stereocenters. The fraction of sp³-hybridized carbons (Fsp3) is 0.647. The standard InChI is InChI=1S/C17H26N2O4/c1-13-12-18(10-6-4-8-14(2)20)17(23)19(16(13)22)11-7-5-9-15(3)21/h12H,4-11H2,1-3H3. The smallest absolute Gasteiger partial charge is 0.300 e. The van der Waals surface area contributed by atoms with E-state index in [4.69, 9.17) is 0 Å². The largest absolute Gasteiger partial charge is 0.330 e. The third-order valence-corrected chi connectivity index (χ3v) is 3.75. The van der Waals surface area contributed by atoms with Crippen molar-refractivity contribution in [2.75, 3.05) is 0 Å². The van der Waals surface area contributed by atoms with Gasteiger partial charge < -0.3 is 14.2 Å². The maximum atomic E-state index is 12.4. The van der Waals surface area contributed by atoms with Crippen molar-refractivity contribution in [1.82, 2.24) is 9.13 Å². The normalized spacial score (nSPS) is 10.7. The van der Waals surface area contributed by atoms with Gasteiger partial charge in [-0.1, -0.05) is 0 Å². The van der Waals surface area contributed by atoms with Gasteiger partial charge in [0.1, 0.15) is 11.6 Å². The quantitative estimate of drug-likeness (QED) is 0.616. The molecular formula is C17H26N2O4. The molecule has 0 saturated heterocycles. The van der Waals surface area contributed by atoms with Crippen LogP contribution in [0.15, 0.2) is 15.8 Å². The van der Waals surface area contributed by atoms with Crippen LogP contribution in [0, 0.1) is 6.92 Å². The van der Waals surface area contributed by atoms with Crippen LogP contribution < -0.4 is 11.2 Å². The average molecular weight is 322 g/mol. The van der Waals surface area contributed by atoms with Gasteiger partial charge in [-0.3, -0.25) is 9.36 Å². The monoisotopic (exact) mass is 322 g/mol. The van der Waals surface area contributed by atoms with E-state index in [1.165, 1.54) is 11.5 Å². The predicted octanol–water partition coefficient (Wildman–Crippen LogP) is 1.84. The molecule has 0 radical (unpaired) electrons. The van der Waals surface area contributed by atoms with Gasteiger partial charge in [0.25, 0.3) is 5.56 Å². The van der Waals surface area contributed by atoms with E-state index in [9.17, 15) is 19.2 Å². The third-order valence-electron chi connectivity index (χ3n) is 3.75. The van der Waals surface area contributed by atoms with Crippen molar-refractivity contribution in [3.05, 3.63) is 32.6 Å². The molecule has 0 spiro atoms. The molecule has 6 nitrogen and oxygen atoms in total. The van der Waals surface area contributed by atoms with Crippen molar-refractivity contribution in [3.63, 3.8) is 0 Å². The van der Waals surface area contributed by atoms with E-state index in [2.05, 4.69) is 0 Å². The first-order valence-electron chi connectivity index (χ1n) is 8.12. The summed E-state index contributed by atoms with van der Waals surface area (Å²) in [6.45, 7) is 5.62. The van der Waals surface area contributed by atoms with Crippen molar-refractivity contribution in [2.24, 2.45) is 0 Å². The summed E-state index contributed by atoms with van der Waals surface area (Å²) in [5.41, 5.74) is -0.0493. The Morgan fingerprint density at radius 3 is 1.96 bits per heavy atom. The van der Waals surface area contributed by atoms with Gasteiger partial charge in [0, 0.05) is 37.7 Å². The molecule has 1 aromatic rings. The van der Waals surface area contributed by atoms with E-state index in [-0.39, 0.29) is 22.8 Å². The number of aromatic nitrogens is 2. The molecule has 0 bridgehead atoms. The molecule has 0 N–H and O–H groups in total. The van der Waals surface area contributed by atoms with Gasteiger partial charge in [-0.15, -0.1) is 0 Å². The Labute approximate surface area is 136 Å². The summed E-state index contributed by atoms with van der Waals surface area (Å²) in [6.07, 6.45) is 5.33. The fourth-order valence-electron chi connectivity index (χ4n) is 2.46. The average Bonchev–Trinajstić information content (AvgIpc) is 2.47. The van der Waals surface area contributed by atoms with E-state index in [1.807, 2.05) is 0 Å². The van der Waals surface area contributed by atoms with E-state index in [1.54, 1.807) is 24.6 Å². The summed E-state index contributed by atoms with van der Waals surface area (Å²) in [5.74, 6) is 0.258. The van der Waals surface area contributed by atoms with Crippen LogP contribution in [0.25, 0.3) is 0 Å². The molecule has 0 aliphatic rings. The van der Waals surface area contributed by atoms with Gasteiger partial charge in [0.15, 0.2) is 0 Å². The number of carbonyl (C=O) groups is 2. The van der Waals surface area contributed by atoms with Gasteiger partial charge >= 0.3 is 5.69 Å². The van der Waals surface area contributed by atoms with Crippen molar-refractivity contribution in [2.45, 2.75) is 72.4 Å². The van der Waals surface area contributed by atoms with Crippen molar-refractivity contribution >= 4 is 11.6 Å². The highest BCUT2D eigenvalue weighted by Gasteiger charge is 2.09. The minimum atomic E-state index is -0.314. The minimum absolute atomic E-state index is 0.115. The Hall–Kier alpha value is -1.98. The lowest BCUT2D eigenvalue weighted by molar-refractivity contribution is -0.117. The molecule has 0 aliphatic heterocycles. The second-order valence-corrected chi connectivity index (χ2v) is 6.06. The zero-order chi connectivity index (χ0) is 17.4. The molecule has 0 atom stereocenters. The highest BCUT2D eigenvalue weighted by atomic mass is 16.2. The Morgan fingerprint density at radius 1 is 0.913 bits per heavy atom. The zero-order valence-corrected chi connectivity index (χ0v) is 14.3. The number of nitrogens with zero attached hydrogens (tertiary/aromatic N) is 2. The molecule has 0 fully saturated rings. The Morgan fingerprint density at radius 2 is 1.43 bits per heavy atom. The van der Waals surface area contributed by atoms with E-state index in [0.29, 0.717) is 44.3 Å². The lowest BCUT2D eigenvalue weighted by atomic mass is 10.2. The van der Waals surface area contributed by atoms with Crippen LogP contribution in [0.1, 0.15) is 57.9 Å². The summed E-state index contributed by atoms with van der Waals surface area (Å²) in [6, 6.07) is 0. The first-order chi connectivity index (χ1) is 10.8. The van der Waals surface area contributed by atoms with Crippen LogP contribution in [0.5, 0.6) is 0 Å². The minimum Gasteiger partial charge on any atom is -0.300 e. The number of rotatable bonds is 10. The highest BCUT2D eigenvalue weighted by molar-refractivity contribution is 5.75. The van der Waals surface area contributed by atoms with Crippen LogP contribution in [0.2, 0.25) is 0 Å². The van der Waals surface area contributed by atoms with E-state index >= 15 is 0 Å². The van der Waals surface area contributed by atoms with E-state index in [0.717, 1.165) is 12.8 Å². The predicted molar refractivity (Wildman–Crippen MR) is 88.8 cm³/mol. The maximum Gasteiger partial charge on any atom is 0.330 e. The Bertz CT molecular complexity index is 670. The van der Waals surface area contributed by atoms with Crippen LogP contribution in [0.4, 0.5) is 0 Å². The number of Topliss-reactive ketones (excluding diaryl/α,β-unsaturated/α-hetero) is 2. The SMILES string of the molecule is CC(=O)CCCCn1cc(C)c(=O)n(CCCCC(C)=O)c1=O. The Balaban J connectivity index is 2.77. The zero-order valence-electron chi connectivity index (χ0n) is 14.3. The molecule has 1 rings (SSSR count). The van der Waals surface area contributed by atoms with Gasteiger partial charge in [-0.2, -0.15) is 0 Å². The number of carbonyl (C=O) groups excluding carboxylic acids is 2. The van der Waals surface area contributed by atoms with Gasteiger partial charge in [-0.05, 0) is 46.5 Å². The number of ketones is 2. The highest BCUT2D eigenvalue weighted by Crippen LogP contribution is 2.00. The third kappa shape index (κ3) is 6.34. The maximum absolute atomic E-state index is 12.4. The lowest BCUT2D eigenvalue weighted by Crippen LogP contribution is -2.40. The van der Waals surface area contributed by atoms with Gasteiger partial charge in [0.2, 0.25) is 0 Å². The second-order valence-electron chi connectivity index (χ2n) is 6.06. The molecule has 0 aliphatic carbocycles. The molecule has 0 amide bonds. The van der Waals surface area contributed by atoms with Crippen molar-refractivity contribution in [3.8, 4) is 0 Å². The number of unbranched alkanes of at least 4 members (excludes halogenated alkanes) is 2. The molecule has 128 valence electrons. The van der Waals surface area contributed by atoms with Crippen LogP contribution in [-0.2, 0) is 22.7 Å². The molecule has 0 saturated carbocycles. The molecular weight excluding hydrogens is 296 g/mol. The summed E-state index contributed by atoms with van der Waals surface area (Å²) >= 11 is 0. The number of aryl methyl sites for hydroxylation is 2. The molecule has 0 aromatic carbocycles. The molecule has 1 heterocycles. The van der Waals surface area contributed by atoms with Crippen molar-refractivity contribution in [1.29, 1.82) is 0 Å². The summed E-state index contributed by atoms with van der Waals surface area (Å²) in [7, 11) is 0. The first kappa shape index (κ1) is 19.1. The summed E-state index contributed by atoms with van der Waals surface area (Å²) in [5, 5.41) is 0. The Kier molecular flexibility index (Phi) is 7.65. The number of hydrogen-bond donors (Lipinski definition) is 0. The van der Waals surface area contributed by atoms with Crippen LogP contribution in [-0.4, -0.2) is 20.7 Å². The summed E-state index contributed by atoms with van der Waals surface area (Å²) < 4.78 is 2.79. The fourth-order valence-corrected chi connectivity index (χ4v) is 2.46. The lowest BCUT2D eigenvalue weighted by Gasteiger charge is -2.11. The van der Waals surface area contributed by atoms with Crippen LogP contribution in [0.3, 0.4) is 0 Å². The first-order valence-corrected chi connectivity index (χ1v) is 8.12. The summed E-state index contributed by atoms with van der Waals surface area (Å²) in [4.78, 5) is 46.4. The van der Waals surface area contributed by atoms with Crippen LogP contribution >= 0.6 is 0 Å². The number of hydrogen-bond acceptors (Lipinski definition) is 4. The van der Waals surface area contributed by atoms with E-state index < -0.39 is 0 Å². The van der Waals surface area contributed by atoms with Gasteiger partial charge in [0.05, 0.1) is 0 Å².